The normalized spacial score (nSPS) is 17.6. The lowest BCUT2D eigenvalue weighted by Crippen LogP contribution is -2.34. The van der Waals surface area contributed by atoms with Gasteiger partial charge in [0.15, 0.2) is 11.5 Å². The molecule has 0 aromatic heterocycles. The molecule has 6 nitrogen and oxygen atoms in total. The Balaban J connectivity index is 1.61. The minimum Gasteiger partial charge on any atom is -0.486 e. The van der Waals surface area contributed by atoms with Gasteiger partial charge >= 0.3 is 12.1 Å². The van der Waals surface area contributed by atoms with Crippen molar-refractivity contribution in [2.24, 2.45) is 11.8 Å². The number of halogens is 4. The fourth-order valence-electron chi connectivity index (χ4n) is 4.81. The van der Waals surface area contributed by atoms with Crippen molar-refractivity contribution in [1.29, 1.82) is 0 Å². The number of esters is 1. The third kappa shape index (κ3) is 7.38. The summed E-state index contributed by atoms with van der Waals surface area (Å²) in [5.74, 6) is -3.93. The summed E-state index contributed by atoms with van der Waals surface area (Å²) < 4.78 is 58.2. The van der Waals surface area contributed by atoms with E-state index in [1.807, 2.05) is 0 Å². The van der Waals surface area contributed by atoms with Crippen LogP contribution >= 0.6 is 11.6 Å². The van der Waals surface area contributed by atoms with Crippen LogP contribution in [0.15, 0.2) is 36.4 Å². The number of hydrogen-bond acceptors (Lipinski definition) is 5. The van der Waals surface area contributed by atoms with E-state index in [1.165, 1.54) is 18.2 Å². The number of carbonyl (C=O) groups is 2. The maximum atomic E-state index is 13.9. The fraction of sp³-hybridized carbons (Fsp3) is 0.517. The summed E-state index contributed by atoms with van der Waals surface area (Å²) in [7, 11) is 0. The standard InChI is InChI=1S/C29H33ClF3NO5/c1-16(29(31,32)33)26(19-8-10-23-24(14-19)38-12-11-37-23)27(36)34-22-13-18(7-9-21(22)30)20(17-5-6-17)15-25(35)39-28(2,3)4/h7-10,13-14,16-17,20,26H,5-6,11-12,15H2,1-4H3,(H,34,36). The molecular weight excluding hydrogens is 535 g/mol. The lowest BCUT2D eigenvalue weighted by atomic mass is 9.85. The Labute approximate surface area is 231 Å². The Bertz CT molecular complexity index is 1220. The number of fused-ring (bicyclic) bond motifs is 1. The Morgan fingerprint density at radius 1 is 1.03 bits per heavy atom. The molecule has 3 atom stereocenters. The maximum Gasteiger partial charge on any atom is 0.392 e. The first kappa shape index (κ1) is 29.1. The van der Waals surface area contributed by atoms with Crippen LogP contribution in [0.5, 0.6) is 11.5 Å². The lowest BCUT2D eigenvalue weighted by molar-refractivity contribution is -0.178. The molecule has 1 saturated carbocycles. The third-order valence-electron chi connectivity index (χ3n) is 6.90. The van der Waals surface area contributed by atoms with Crippen molar-refractivity contribution < 1.29 is 37.0 Å². The topological polar surface area (TPSA) is 73.9 Å². The summed E-state index contributed by atoms with van der Waals surface area (Å²) in [6, 6.07) is 9.39. The highest BCUT2D eigenvalue weighted by Gasteiger charge is 2.45. The number of rotatable bonds is 8. The molecule has 1 aliphatic heterocycles. The van der Waals surface area contributed by atoms with Crippen LogP contribution < -0.4 is 14.8 Å². The van der Waals surface area contributed by atoms with Gasteiger partial charge in [0.05, 0.1) is 29.0 Å². The molecule has 2 aliphatic rings. The van der Waals surface area contributed by atoms with Gasteiger partial charge < -0.3 is 19.5 Å². The average Bonchev–Trinajstić information content (AvgIpc) is 3.68. The van der Waals surface area contributed by atoms with Gasteiger partial charge in [-0.1, -0.05) is 30.7 Å². The molecule has 2 aromatic rings. The molecule has 39 heavy (non-hydrogen) atoms. The van der Waals surface area contributed by atoms with Crippen LogP contribution in [0.25, 0.3) is 0 Å². The predicted octanol–water partition coefficient (Wildman–Crippen LogP) is 7.26. The van der Waals surface area contributed by atoms with Gasteiger partial charge in [0.25, 0.3) is 0 Å². The molecule has 0 bridgehead atoms. The number of alkyl halides is 3. The molecule has 1 aliphatic carbocycles. The Morgan fingerprint density at radius 2 is 1.67 bits per heavy atom. The number of anilines is 1. The summed E-state index contributed by atoms with van der Waals surface area (Å²) in [5.41, 5.74) is 0.478. The SMILES string of the molecule is CC(C(C(=O)Nc1cc(C(CC(=O)OC(C)(C)C)C2CC2)ccc1Cl)c1ccc2c(c1)OCCO2)C(F)(F)F. The van der Waals surface area contributed by atoms with E-state index in [1.54, 1.807) is 39.0 Å². The zero-order valence-electron chi connectivity index (χ0n) is 22.4. The van der Waals surface area contributed by atoms with Crippen LogP contribution in [-0.2, 0) is 14.3 Å². The quantitative estimate of drug-likeness (QED) is 0.340. The van der Waals surface area contributed by atoms with E-state index < -0.39 is 29.5 Å². The van der Waals surface area contributed by atoms with Crippen molar-refractivity contribution in [3.05, 3.63) is 52.5 Å². The van der Waals surface area contributed by atoms with E-state index in [9.17, 15) is 22.8 Å². The first-order valence-corrected chi connectivity index (χ1v) is 13.4. The van der Waals surface area contributed by atoms with E-state index in [0.717, 1.165) is 25.3 Å². The molecule has 2 aromatic carbocycles. The van der Waals surface area contributed by atoms with E-state index in [-0.39, 0.29) is 47.1 Å². The second kappa shape index (κ2) is 11.3. The molecular formula is C29H33ClF3NO5. The summed E-state index contributed by atoms with van der Waals surface area (Å²) in [5, 5.41) is 2.81. The highest BCUT2D eigenvalue weighted by Crippen LogP contribution is 2.46. The number of ether oxygens (including phenoxy) is 3. The number of hydrogen-bond donors (Lipinski definition) is 1. The second-order valence-corrected chi connectivity index (χ2v) is 11.6. The van der Waals surface area contributed by atoms with Crippen molar-refractivity contribution in [2.45, 2.75) is 70.6 Å². The number of nitrogens with one attached hydrogen (secondary N) is 1. The zero-order valence-corrected chi connectivity index (χ0v) is 23.1. The second-order valence-electron chi connectivity index (χ2n) is 11.2. The van der Waals surface area contributed by atoms with E-state index >= 15 is 0 Å². The van der Waals surface area contributed by atoms with Crippen LogP contribution in [0.3, 0.4) is 0 Å². The van der Waals surface area contributed by atoms with Crippen molar-refractivity contribution in [3.63, 3.8) is 0 Å². The van der Waals surface area contributed by atoms with Crippen molar-refractivity contribution in [1.82, 2.24) is 0 Å². The highest BCUT2D eigenvalue weighted by molar-refractivity contribution is 6.33. The zero-order chi connectivity index (χ0) is 28.5. The van der Waals surface area contributed by atoms with Gasteiger partial charge in [-0.3, -0.25) is 9.59 Å². The Hall–Kier alpha value is -2.94. The van der Waals surface area contributed by atoms with Crippen molar-refractivity contribution >= 4 is 29.2 Å². The van der Waals surface area contributed by atoms with Crippen molar-refractivity contribution in [2.75, 3.05) is 18.5 Å². The number of amides is 1. The van der Waals surface area contributed by atoms with Gasteiger partial charge in [0.1, 0.15) is 18.8 Å². The first-order chi connectivity index (χ1) is 18.2. The maximum absolute atomic E-state index is 13.9. The molecule has 1 N–H and O–H groups in total. The molecule has 0 radical (unpaired) electrons. The van der Waals surface area contributed by atoms with Gasteiger partial charge in [-0.05, 0) is 80.8 Å². The predicted molar refractivity (Wildman–Crippen MR) is 141 cm³/mol. The van der Waals surface area contributed by atoms with Crippen LogP contribution in [0.2, 0.25) is 5.02 Å². The van der Waals surface area contributed by atoms with Crippen LogP contribution in [-0.4, -0.2) is 36.9 Å². The molecule has 1 heterocycles. The third-order valence-corrected chi connectivity index (χ3v) is 7.23. The minimum atomic E-state index is -4.63. The average molecular weight is 568 g/mol. The molecule has 4 rings (SSSR count). The fourth-order valence-corrected chi connectivity index (χ4v) is 4.97. The van der Waals surface area contributed by atoms with Crippen LogP contribution in [0.4, 0.5) is 18.9 Å². The van der Waals surface area contributed by atoms with E-state index in [0.29, 0.717) is 18.1 Å². The largest absolute Gasteiger partial charge is 0.486 e. The van der Waals surface area contributed by atoms with Gasteiger partial charge in [-0.2, -0.15) is 13.2 Å². The molecule has 3 unspecified atom stereocenters. The monoisotopic (exact) mass is 567 g/mol. The Kier molecular flexibility index (Phi) is 8.40. The van der Waals surface area contributed by atoms with Gasteiger partial charge in [0.2, 0.25) is 5.91 Å². The molecule has 10 heteroatoms. The number of benzene rings is 2. The summed E-state index contributed by atoms with van der Waals surface area (Å²) in [6.45, 7) is 6.96. The van der Waals surface area contributed by atoms with Crippen LogP contribution in [0, 0.1) is 11.8 Å². The van der Waals surface area contributed by atoms with Gasteiger partial charge in [-0.25, -0.2) is 0 Å². The Morgan fingerprint density at radius 3 is 2.28 bits per heavy atom. The summed E-state index contributed by atoms with van der Waals surface area (Å²) in [4.78, 5) is 26.0. The van der Waals surface area contributed by atoms with E-state index in [4.69, 9.17) is 25.8 Å². The van der Waals surface area contributed by atoms with Gasteiger partial charge in [0, 0.05) is 0 Å². The summed E-state index contributed by atoms with van der Waals surface area (Å²) >= 11 is 6.38. The number of carbonyl (C=O) groups excluding carboxylic acids is 2. The van der Waals surface area contributed by atoms with Crippen LogP contribution in [0.1, 0.15) is 69.9 Å². The summed E-state index contributed by atoms with van der Waals surface area (Å²) in [6.07, 6.45) is -2.58. The molecule has 1 amide bonds. The highest BCUT2D eigenvalue weighted by atomic mass is 35.5. The van der Waals surface area contributed by atoms with E-state index in [2.05, 4.69) is 5.32 Å². The first-order valence-electron chi connectivity index (χ1n) is 13.0. The molecule has 1 fully saturated rings. The molecule has 212 valence electrons. The van der Waals surface area contributed by atoms with Crippen molar-refractivity contribution in [3.8, 4) is 11.5 Å². The smallest absolute Gasteiger partial charge is 0.392 e. The molecule has 0 saturated heterocycles. The molecule has 0 spiro atoms. The van der Waals surface area contributed by atoms with Gasteiger partial charge in [-0.15, -0.1) is 0 Å². The minimum absolute atomic E-state index is 0.148. The lowest BCUT2D eigenvalue weighted by Gasteiger charge is -2.27.